The van der Waals surface area contributed by atoms with E-state index in [-0.39, 0.29) is 52.5 Å². The first kappa shape index (κ1) is 49.4. The number of methoxy groups -OCH3 is 1. The van der Waals surface area contributed by atoms with Gasteiger partial charge in [-0.05, 0) is 70.7 Å². The molecule has 2 heterocycles. The fourth-order valence-corrected chi connectivity index (χ4v) is 9.19. The lowest BCUT2D eigenvalue weighted by molar-refractivity contribution is 0.0472. The monoisotopic (exact) mass is 969 g/mol. The maximum atomic E-state index is 17.2. The molecule has 0 aliphatic rings. The number of nitrogens with one attached hydrogen (secondary N) is 2. The minimum absolute atomic E-state index is 0.0198. The Labute approximate surface area is 413 Å². The Morgan fingerprint density at radius 2 is 1.39 bits per heavy atom. The maximum Gasteiger partial charge on any atom is 0.349 e. The van der Waals surface area contributed by atoms with E-state index in [9.17, 15) is 14.9 Å². The van der Waals surface area contributed by atoms with Gasteiger partial charge in [0, 0.05) is 36.5 Å². The zero-order valence-corrected chi connectivity index (χ0v) is 41.6. The van der Waals surface area contributed by atoms with Gasteiger partial charge in [-0.15, -0.1) is 5.10 Å². The third-order valence-electron chi connectivity index (χ3n) is 12.9. The van der Waals surface area contributed by atoms with E-state index < -0.39 is 37.4 Å². The molecule has 2 N–H and O–H groups in total. The van der Waals surface area contributed by atoms with Crippen molar-refractivity contribution in [3.63, 3.8) is 0 Å². The second-order valence-electron chi connectivity index (χ2n) is 18.5. The molecule has 1 unspecified atom stereocenters. The Balaban J connectivity index is 1.27. The van der Waals surface area contributed by atoms with Crippen molar-refractivity contribution in [2.45, 2.75) is 63.5 Å². The summed E-state index contributed by atoms with van der Waals surface area (Å²) < 4.78 is 43.8. The molecule has 13 nitrogen and oxygen atoms in total. The minimum atomic E-state index is -2.02. The molecule has 0 saturated carbocycles. The van der Waals surface area contributed by atoms with Crippen molar-refractivity contribution in [3.8, 4) is 23.4 Å². The Morgan fingerprint density at radius 1 is 0.817 bits per heavy atom. The van der Waals surface area contributed by atoms with Crippen molar-refractivity contribution in [2.75, 3.05) is 25.6 Å². The number of carbonyl (C=O) groups is 1. The number of H-pyrrole nitrogens is 1. The zero-order chi connectivity index (χ0) is 50.2. The fourth-order valence-electron chi connectivity index (χ4n) is 8.10. The second-order valence-corrected chi connectivity index (χ2v) is 23.3. The van der Waals surface area contributed by atoms with Crippen LogP contribution in [0.15, 0.2) is 169 Å². The van der Waals surface area contributed by atoms with Gasteiger partial charge >= 0.3 is 11.7 Å². The van der Waals surface area contributed by atoms with E-state index in [0.717, 1.165) is 26.9 Å². The number of aromatic amines is 1. The van der Waals surface area contributed by atoms with Crippen LogP contribution in [0, 0.1) is 17.1 Å². The molecule has 362 valence electrons. The van der Waals surface area contributed by atoms with Crippen molar-refractivity contribution in [1.29, 1.82) is 5.26 Å². The molecule has 8 rings (SSSR count). The molecule has 0 bridgehead atoms. The second kappa shape index (κ2) is 21.3. The number of nitriles is 1. The van der Waals surface area contributed by atoms with Crippen molar-refractivity contribution in [1.82, 2.24) is 24.5 Å². The molecule has 0 radical (unpaired) electrons. The molecule has 0 amide bonds. The predicted molar refractivity (Wildman–Crippen MR) is 273 cm³/mol. The number of halogens is 1. The van der Waals surface area contributed by atoms with Gasteiger partial charge in [0.05, 0.1) is 25.3 Å². The average molecular weight is 970 g/mol. The third kappa shape index (κ3) is 10.6. The summed E-state index contributed by atoms with van der Waals surface area (Å²) >= 11 is 0. The largest absolute Gasteiger partial charge is 0.497 e. The number of nitrogens with zero attached hydrogens (tertiary/aromatic N) is 5. The van der Waals surface area contributed by atoms with Crippen LogP contribution < -0.4 is 20.5 Å². The van der Waals surface area contributed by atoms with Crippen molar-refractivity contribution >= 4 is 20.0 Å². The average Bonchev–Trinajstić information content (AvgIpc) is 4.00. The van der Waals surface area contributed by atoms with Gasteiger partial charge in [0.25, 0.3) is 0 Å². The molecule has 0 aliphatic carbocycles. The lowest BCUT2D eigenvalue weighted by atomic mass is 9.77. The summed E-state index contributed by atoms with van der Waals surface area (Å²) in [6.45, 7) is 11.4. The SMILES string of the molecule is COc1cc(OCCCO[Si](C)(C)C(C)(C)C)c(F)c(C(Nc2ccc(C#N)cc2)c2nn(-c3nn(C(c4ccccc4)(c4ccccc4)c4ccccc4)cc3C(=O)OCc3ccccc3)c(=O)[nH]2)c1. The van der Waals surface area contributed by atoms with Gasteiger partial charge in [0.15, 0.2) is 31.5 Å². The van der Waals surface area contributed by atoms with Crippen LogP contribution in [0.25, 0.3) is 5.82 Å². The zero-order valence-electron chi connectivity index (χ0n) is 40.6. The number of ether oxygens (including phenoxy) is 3. The number of rotatable bonds is 19. The molecule has 0 spiro atoms. The molecule has 15 heteroatoms. The van der Waals surface area contributed by atoms with E-state index in [1.54, 1.807) is 35.1 Å². The topological polar surface area (TPSA) is 158 Å². The first-order valence-corrected chi connectivity index (χ1v) is 26.2. The molecule has 71 heavy (non-hydrogen) atoms. The summed E-state index contributed by atoms with van der Waals surface area (Å²) in [7, 11) is -0.560. The summed E-state index contributed by atoms with van der Waals surface area (Å²) in [5, 5.41) is 22.8. The highest BCUT2D eigenvalue weighted by molar-refractivity contribution is 6.74. The number of aromatic nitrogens is 5. The van der Waals surface area contributed by atoms with Crippen molar-refractivity contribution in [3.05, 3.63) is 225 Å². The summed E-state index contributed by atoms with van der Waals surface area (Å²) in [6.07, 6.45) is 2.08. The van der Waals surface area contributed by atoms with E-state index in [1.807, 2.05) is 121 Å². The number of esters is 1. The van der Waals surface area contributed by atoms with Crippen LogP contribution in [0.3, 0.4) is 0 Å². The van der Waals surface area contributed by atoms with Gasteiger partial charge in [-0.1, -0.05) is 142 Å². The minimum Gasteiger partial charge on any atom is -0.497 e. The maximum absolute atomic E-state index is 17.2. The van der Waals surface area contributed by atoms with Gasteiger partial charge in [-0.2, -0.15) is 15.0 Å². The van der Waals surface area contributed by atoms with Crippen molar-refractivity contribution in [2.24, 2.45) is 0 Å². The molecule has 8 aromatic rings. The molecule has 6 aromatic carbocycles. The van der Waals surface area contributed by atoms with Crippen LogP contribution in [0.4, 0.5) is 10.1 Å². The smallest absolute Gasteiger partial charge is 0.349 e. The van der Waals surface area contributed by atoms with E-state index in [2.05, 4.69) is 50.2 Å². The van der Waals surface area contributed by atoms with Crippen LogP contribution in [-0.2, 0) is 21.3 Å². The van der Waals surface area contributed by atoms with Crippen LogP contribution in [0.5, 0.6) is 11.5 Å². The van der Waals surface area contributed by atoms with Gasteiger partial charge in [-0.3, -0.25) is 9.67 Å². The Morgan fingerprint density at radius 3 is 1.94 bits per heavy atom. The summed E-state index contributed by atoms with van der Waals surface area (Å²) in [6, 6.07) is 48.9. The molecule has 0 aliphatic heterocycles. The summed E-state index contributed by atoms with van der Waals surface area (Å²) in [4.78, 5) is 32.0. The first-order valence-electron chi connectivity index (χ1n) is 23.3. The summed E-state index contributed by atoms with van der Waals surface area (Å²) in [5.74, 6) is -1.48. The lowest BCUT2D eigenvalue weighted by Gasteiger charge is -2.36. The normalized spacial score (nSPS) is 12.2. The number of anilines is 1. The van der Waals surface area contributed by atoms with E-state index in [4.69, 9.17) is 28.8 Å². The van der Waals surface area contributed by atoms with E-state index in [0.29, 0.717) is 24.3 Å². The number of carbonyl (C=O) groups excluding carboxylic acids is 1. The third-order valence-corrected chi connectivity index (χ3v) is 17.4. The van der Waals surface area contributed by atoms with Crippen LogP contribution in [0.2, 0.25) is 18.1 Å². The number of hydrogen-bond acceptors (Lipinski definition) is 10. The van der Waals surface area contributed by atoms with Crippen molar-refractivity contribution < 1.29 is 27.8 Å². The van der Waals surface area contributed by atoms with Crippen LogP contribution >= 0.6 is 0 Å². The van der Waals surface area contributed by atoms with Crippen LogP contribution in [0.1, 0.15) is 82.8 Å². The molecular formula is C56H56FN7O6Si. The molecule has 0 fully saturated rings. The van der Waals surface area contributed by atoms with E-state index >= 15 is 4.39 Å². The molecule has 2 aromatic heterocycles. The lowest BCUT2D eigenvalue weighted by Crippen LogP contribution is -2.41. The predicted octanol–water partition coefficient (Wildman–Crippen LogP) is 11.0. The van der Waals surface area contributed by atoms with Gasteiger partial charge in [0.1, 0.15) is 29.5 Å². The highest BCUT2D eigenvalue weighted by atomic mass is 28.4. The fraction of sp³-hybridized carbons (Fsp3) is 0.232. The number of benzene rings is 6. The van der Waals surface area contributed by atoms with E-state index in [1.165, 1.54) is 19.2 Å². The Kier molecular flexibility index (Phi) is 14.8. The summed E-state index contributed by atoms with van der Waals surface area (Å²) in [5.41, 5.74) is 2.05. The quantitative estimate of drug-likeness (QED) is 0.0346. The van der Waals surface area contributed by atoms with Gasteiger partial charge in [-0.25, -0.2) is 14.0 Å². The first-order chi connectivity index (χ1) is 34.2. The molecule has 1 atom stereocenters. The Hall–Kier alpha value is -8.06. The molecule has 0 saturated heterocycles. The highest BCUT2D eigenvalue weighted by Crippen LogP contribution is 2.42. The highest BCUT2D eigenvalue weighted by Gasteiger charge is 2.42. The molecular weight excluding hydrogens is 914 g/mol. The van der Waals surface area contributed by atoms with Gasteiger partial charge in [0.2, 0.25) is 0 Å². The Bertz CT molecular complexity index is 3070. The number of hydrogen-bond donors (Lipinski definition) is 2. The standard InChI is InChI=1S/C56H56FN7O6Si/c1-55(2,3)71(5,6)70-33-19-32-68-48-35-45(67-4)34-46(49(48)57)50(59-44-30-28-39(36-58)29-31-44)51-60-54(66)64(61-51)52-47(53(65)69-38-40-20-11-7-12-21-40)37-63(62-52)56(41-22-13-8-14-23-41,42-24-15-9-16-25-42)43-26-17-10-18-27-43/h7-18,20-31,34-35,37,50,59H,19,32-33,38H2,1-6H3,(H,60,61,66). The van der Waals surface area contributed by atoms with Crippen LogP contribution in [-0.4, -0.2) is 59.2 Å². The van der Waals surface area contributed by atoms with Gasteiger partial charge < -0.3 is 24.0 Å².